The van der Waals surface area contributed by atoms with Gasteiger partial charge in [0.15, 0.2) is 35.7 Å². The van der Waals surface area contributed by atoms with E-state index in [2.05, 4.69) is 10.3 Å². The Kier molecular flexibility index (Phi) is 14.0. The van der Waals surface area contributed by atoms with Crippen LogP contribution in [0.5, 0.6) is 17.2 Å². The van der Waals surface area contributed by atoms with Crippen molar-refractivity contribution in [2.75, 3.05) is 19.0 Å². The van der Waals surface area contributed by atoms with Gasteiger partial charge in [0.05, 0.1) is 61.0 Å². The highest BCUT2D eigenvalue weighted by atomic mass is 19.1. The van der Waals surface area contributed by atoms with Crippen LogP contribution in [0.3, 0.4) is 0 Å². The molecule has 10 atom stereocenters. The number of methoxy groups -OCH3 is 1. The van der Waals surface area contributed by atoms with Gasteiger partial charge < -0.3 is 60.1 Å². The lowest BCUT2D eigenvalue weighted by atomic mass is 9.72. The van der Waals surface area contributed by atoms with E-state index in [-0.39, 0.29) is 47.5 Å². The minimum atomic E-state index is -2.00. The van der Waals surface area contributed by atoms with Crippen molar-refractivity contribution >= 4 is 29.3 Å². The molecule has 2 aliphatic heterocycles. The topological polar surface area (TPSA) is 309 Å². The van der Waals surface area contributed by atoms with Gasteiger partial charge >= 0.3 is 11.8 Å². The van der Waals surface area contributed by atoms with E-state index in [0.717, 1.165) is 23.6 Å². The molecule has 0 bridgehead atoms. The molecule has 0 radical (unpaired) electrons. The summed E-state index contributed by atoms with van der Waals surface area (Å²) in [4.78, 5) is 66.6. The van der Waals surface area contributed by atoms with E-state index in [4.69, 9.17) is 29.4 Å². The number of hydrogen-bond donors (Lipinski definition) is 8. The first kappa shape index (κ1) is 47.1. The second kappa shape index (κ2) is 18.8. The summed E-state index contributed by atoms with van der Waals surface area (Å²) in [5.74, 6) is -4.76. The van der Waals surface area contributed by atoms with Crippen LogP contribution in [0.1, 0.15) is 115 Å². The van der Waals surface area contributed by atoms with E-state index in [1.165, 1.54) is 39.2 Å². The maximum Gasteiger partial charge on any atom is 0.412 e. The van der Waals surface area contributed by atoms with Crippen molar-refractivity contribution < 1.29 is 77.9 Å². The van der Waals surface area contributed by atoms with Gasteiger partial charge in [-0.3, -0.25) is 24.3 Å². The standard InChI is InChI=1S/C27H29NO10.C15H22FN3O6/c1-10-22(30)14(28)7-17(37-10)38-16-9-27(35,11(2)29)8-13-19(16)26(34)21-20(24(13)32)23(31)12-5-4-6-15(36-3)18(12)25(21)33;1-3-4-5-6-24-15(23)18-12-9(16)7-19(14(22)17-12)13-11(21)10(20)8(2)25-13/h4-6,10,14,16-17,22,30,32,34-35H,7-9,28H2,1-3H3;7-8,10-11,13,20-21H,3-6H2,1-2H3,(H,17,18,22,23)/t10-,14-,16-,17-,22+,27-;/m0./s1. The van der Waals surface area contributed by atoms with Crippen molar-refractivity contribution in [3.63, 3.8) is 0 Å². The van der Waals surface area contributed by atoms with Crippen LogP contribution in [-0.2, 0) is 30.2 Å². The van der Waals surface area contributed by atoms with E-state index >= 15 is 0 Å². The lowest BCUT2D eigenvalue weighted by Crippen LogP contribution is -2.52. The Hall–Kier alpha value is -5.39. The molecule has 0 saturated carbocycles. The number of unbranched alkanes of at least 4 members (excludes halogenated alkanes) is 2. The Labute approximate surface area is 359 Å². The number of aliphatic hydroxyl groups is 4. The Morgan fingerprint density at radius 2 is 1.68 bits per heavy atom. The van der Waals surface area contributed by atoms with Gasteiger partial charge in [0.2, 0.25) is 5.78 Å². The summed E-state index contributed by atoms with van der Waals surface area (Å²) in [6.07, 6.45) is -6.78. The van der Waals surface area contributed by atoms with Gasteiger partial charge in [-0.05, 0) is 33.3 Å². The van der Waals surface area contributed by atoms with Gasteiger partial charge in [-0.1, -0.05) is 31.9 Å². The first-order chi connectivity index (χ1) is 29.7. The first-order valence-electron chi connectivity index (χ1n) is 20.3. The van der Waals surface area contributed by atoms with Crippen LogP contribution in [0.15, 0.2) is 29.2 Å². The number of aromatic hydroxyl groups is 2. The van der Waals surface area contributed by atoms with Crippen LogP contribution < -0.4 is 21.5 Å². The summed E-state index contributed by atoms with van der Waals surface area (Å²) >= 11 is 0. The zero-order valence-electron chi connectivity index (χ0n) is 35.1. The molecule has 4 unspecified atom stereocenters. The number of phenols is 2. The molecule has 3 heterocycles. The third-order valence-electron chi connectivity index (χ3n) is 11.7. The Balaban J connectivity index is 0.000000230. The van der Waals surface area contributed by atoms with E-state index in [1.54, 1.807) is 6.92 Å². The highest BCUT2D eigenvalue weighted by Crippen LogP contribution is 2.52. The number of nitrogens with two attached hydrogens (primary N) is 1. The zero-order valence-corrected chi connectivity index (χ0v) is 35.1. The smallest absolute Gasteiger partial charge is 0.412 e. The second-order valence-corrected chi connectivity index (χ2v) is 15.9. The van der Waals surface area contributed by atoms with Crippen molar-refractivity contribution in [3.05, 3.63) is 74.1 Å². The number of aliphatic hydroxyl groups excluding tert-OH is 3. The summed E-state index contributed by atoms with van der Waals surface area (Å²) in [6.45, 7) is 6.47. The number of ketones is 3. The summed E-state index contributed by atoms with van der Waals surface area (Å²) < 4.78 is 42.0. The number of benzene rings is 2. The van der Waals surface area contributed by atoms with Gasteiger partial charge in [-0.15, -0.1) is 0 Å². The van der Waals surface area contributed by atoms with Crippen molar-refractivity contribution in [1.29, 1.82) is 0 Å². The number of carbonyl (C=O) groups is 4. The number of rotatable bonds is 10. The molecule has 21 heteroatoms. The second-order valence-electron chi connectivity index (χ2n) is 15.9. The maximum absolute atomic E-state index is 14.1. The van der Waals surface area contributed by atoms with Gasteiger partial charge in [0, 0.05) is 42.0 Å². The molecular formula is C42H51FN4O16. The number of aromatic nitrogens is 2. The number of nitrogens with zero attached hydrogens (tertiary/aromatic N) is 2. The van der Waals surface area contributed by atoms with Crippen LogP contribution in [-0.4, -0.2) is 126 Å². The summed E-state index contributed by atoms with van der Waals surface area (Å²) in [5.41, 5.74) is 2.02. The molecule has 342 valence electrons. The number of ether oxygens (including phenoxy) is 5. The maximum atomic E-state index is 14.1. The molecule has 3 aromatic rings. The molecule has 1 amide bonds. The summed E-state index contributed by atoms with van der Waals surface area (Å²) in [7, 11) is 1.34. The molecule has 2 aliphatic carbocycles. The first-order valence-corrected chi connectivity index (χ1v) is 20.3. The number of amides is 1. The number of phenolic OH excluding ortho intramolecular Hbond substituents is 2. The zero-order chi connectivity index (χ0) is 46.2. The largest absolute Gasteiger partial charge is 0.507 e. The fourth-order valence-electron chi connectivity index (χ4n) is 8.08. The number of fused-ring (bicyclic) bond motifs is 3. The number of anilines is 1. The lowest BCUT2D eigenvalue weighted by molar-refractivity contribution is -0.247. The predicted molar refractivity (Wildman–Crippen MR) is 215 cm³/mol. The minimum absolute atomic E-state index is 0.0147. The lowest BCUT2D eigenvalue weighted by Gasteiger charge is -2.42. The molecule has 20 nitrogen and oxygen atoms in total. The average molecular weight is 887 g/mol. The third-order valence-corrected chi connectivity index (χ3v) is 11.7. The minimum Gasteiger partial charge on any atom is -0.507 e. The van der Waals surface area contributed by atoms with Gasteiger partial charge in [-0.2, -0.15) is 4.98 Å². The molecule has 7 rings (SSSR count). The Bertz CT molecular complexity index is 2330. The third kappa shape index (κ3) is 9.05. The quantitative estimate of drug-likeness (QED) is 0.0831. The van der Waals surface area contributed by atoms with Crippen molar-refractivity contribution in [1.82, 2.24) is 9.55 Å². The molecule has 0 spiro atoms. The van der Waals surface area contributed by atoms with Crippen molar-refractivity contribution in [3.8, 4) is 17.2 Å². The van der Waals surface area contributed by atoms with Gasteiger partial charge in [0.25, 0.3) is 0 Å². The molecule has 2 fully saturated rings. The SMILES string of the molecule is CCCCCOC(=O)Nc1nc(=O)n(C2OC(C)C(O)C2O)cc1F.COc1cccc2c1C(=O)c1c(O)c3c(c(O)c1C2=O)C[C@@](O)(C(C)=O)C[C@@H]3O[C@H]1C[C@H](N)[C@H](O)[C@H](C)O1. The fraction of sp³-hybridized carbons (Fsp3) is 0.524. The van der Waals surface area contributed by atoms with E-state index < -0.39 is 131 Å². The summed E-state index contributed by atoms with van der Waals surface area (Å²) in [6, 6.07) is 3.75. The van der Waals surface area contributed by atoms with Crippen LogP contribution in [0.4, 0.5) is 15.0 Å². The normalized spacial score (nSPS) is 28.5. The van der Waals surface area contributed by atoms with Crippen LogP contribution >= 0.6 is 0 Å². The molecule has 63 heavy (non-hydrogen) atoms. The number of halogens is 1. The van der Waals surface area contributed by atoms with Gasteiger partial charge in [0.1, 0.15) is 35.1 Å². The fourth-order valence-corrected chi connectivity index (χ4v) is 8.08. The van der Waals surface area contributed by atoms with Crippen LogP contribution in [0.25, 0.3) is 0 Å². The molecule has 2 saturated heterocycles. The average Bonchev–Trinajstić information content (AvgIpc) is 3.49. The van der Waals surface area contributed by atoms with Crippen LogP contribution in [0, 0.1) is 5.82 Å². The predicted octanol–water partition coefficient (Wildman–Crippen LogP) is 1.79. The highest BCUT2D eigenvalue weighted by Gasteiger charge is 2.49. The van der Waals surface area contributed by atoms with Crippen molar-refractivity contribution in [2.24, 2.45) is 5.73 Å². The molecule has 4 aliphatic rings. The number of Topliss-reactive ketones (excluding diaryl/α,β-unsaturated/α-hetero) is 1. The summed E-state index contributed by atoms with van der Waals surface area (Å²) in [5, 5.41) is 65.7. The molecular weight excluding hydrogens is 835 g/mol. The van der Waals surface area contributed by atoms with Crippen LogP contribution in [0.2, 0.25) is 0 Å². The number of nitrogens with one attached hydrogen (secondary N) is 1. The molecule has 1 aromatic heterocycles. The monoisotopic (exact) mass is 886 g/mol. The van der Waals surface area contributed by atoms with E-state index in [0.29, 0.717) is 6.42 Å². The van der Waals surface area contributed by atoms with Crippen molar-refractivity contribution in [2.45, 2.75) is 127 Å². The Morgan fingerprint density at radius 1 is 1.00 bits per heavy atom. The van der Waals surface area contributed by atoms with Gasteiger partial charge in [-0.25, -0.2) is 14.0 Å². The number of hydrogen-bond acceptors (Lipinski definition) is 18. The van der Waals surface area contributed by atoms with E-state index in [1.807, 2.05) is 6.92 Å². The highest BCUT2D eigenvalue weighted by molar-refractivity contribution is 6.31. The number of carbonyl (C=O) groups excluding carboxylic acids is 4. The molecule has 9 N–H and O–H groups in total. The Morgan fingerprint density at radius 3 is 2.30 bits per heavy atom. The molecule has 2 aromatic carbocycles. The van der Waals surface area contributed by atoms with E-state index in [9.17, 15) is 59.0 Å².